The zero-order valence-electron chi connectivity index (χ0n) is 9.85. The molecule has 6 heteroatoms. The molecule has 0 saturated carbocycles. The normalized spacial score (nSPS) is 10.4. The number of hydrazine groups is 1. The number of nitrogens with zero attached hydrogens (tertiary/aromatic N) is 2. The molecular formula is C12H13BrN4O. The van der Waals surface area contributed by atoms with Crippen molar-refractivity contribution in [2.45, 2.75) is 13.5 Å². The summed E-state index contributed by atoms with van der Waals surface area (Å²) in [6, 6.07) is 5.49. The van der Waals surface area contributed by atoms with Crippen LogP contribution >= 0.6 is 15.9 Å². The van der Waals surface area contributed by atoms with Crippen molar-refractivity contribution in [3.63, 3.8) is 0 Å². The molecule has 0 bridgehead atoms. The second-order valence-corrected chi connectivity index (χ2v) is 4.85. The van der Waals surface area contributed by atoms with Crippen LogP contribution < -0.4 is 16.8 Å². The monoisotopic (exact) mass is 308 g/mol. The lowest BCUT2D eigenvalue weighted by molar-refractivity contribution is 0.747. The van der Waals surface area contributed by atoms with Gasteiger partial charge in [0.2, 0.25) is 0 Å². The molecule has 0 saturated heterocycles. The fourth-order valence-electron chi connectivity index (χ4n) is 1.74. The molecule has 2 aromatic heterocycles. The Hall–Kier alpha value is -1.66. The van der Waals surface area contributed by atoms with E-state index in [-0.39, 0.29) is 5.56 Å². The van der Waals surface area contributed by atoms with Crippen LogP contribution in [0.4, 0.5) is 5.82 Å². The van der Waals surface area contributed by atoms with Crippen LogP contribution in [0.15, 0.2) is 39.9 Å². The number of nitrogen functional groups attached to an aromatic ring is 1. The summed E-state index contributed by atoms with van der Waals surface area (Å²) in [6.07, 6.45) is 3.40. The number of nitrogens with two attached hydrogens (primary N) is 1. The van der Waals surface area contributed by atoms with E-state index in [0.29, 0.717) is 17.9 Å². The van der Waals surface area contributed by atoms with Gasteiger partial charge < -0.3 is 9.99 Å². The van der Waals surface area contributed by atoms with Crippen LogP contribution in [0.2, 0.25) is 0 Å². The number of aryl methyl sites for hydroxylation is 1. The van der Waals surface area contributed by atoms with Gasteiger partial charge in [-0.15, -0.1) is 0 Å². The summed E-state index contributed by atoms with van der Waals surface area (Å²) in [7, 11) is 0. The molecule has 2 heterocycles. The molecular weight excluding hydrogens is 296 g/mol. The fourth-order valence-corrected chi connectivity index (χ4v) is 2.33. The van der Waals surface area contributed by atoms with Crippen LogP contribution in [0, 0.1) is 6.92 Å². The van der Waals surface area contributed by atoms with E-state index in [1.165, 1.54) is 0 Å². The fraction of sp³-hybridized carbons (Fsp3) is 0.167. The molecule has 0 fully saturated rings. The quantitative estimate of drug-likeness (QED) is 0.668. The molecule has 0 aliphatic heterocycles. The van der Waals surface area contributed by atoms with Gasteiger partial charge in [-0.25, -0.2) is 10.8 Å². The number of aromatic nitrogens is 2. The maximum atomic E-state index is 12.0. The number of anilines is 1. The van der Waals surface area contributed by atoms with E-state index >= 15 is 0 Å². The van der Waals surface area contributed by atoms with Gasteiger partial charge in [0.15, 0.2) is 0 Å². The molecule has 18 heavy (non-hydrogen) atoms. The van der Waals surface area contributed by atoms with Crippen molar-refractivity contribution in [2.75, 3.05) is 5.43 Å². The second kappa shape index (κ2) is 5.32. The summed E-state index contributed by atoms with van der Waals surface area (Å²) < 4.78 is 2.49. The van der Waals surface area contributed by atoms with Gasteiger partial charge in [-0.2, -0.15) is 0 Å². The van der Waals surface area contributed by atoms with Gasteiger partial charge in [0.25, 0.3) is 5.56 Å². The highest BCUT2D eigenvalue weighted by molar-refractivity contribution is 9.10. The molecule has 2 aromatic rings. The molecule has 0 unspecified atom stereocenters. The Kier molecular flexibility index (Phi) is 3.78. The topological polar surface area (TPSA) is 72.9 Å². The van der Waals surface area contributed by atoms with E-state index in [1.807, 2.05) is 12.1 Å². The predicted molar refractivity (Wildman–Crippen MR) is 74.3 cm³/mol. The van der Waals surface area contributed by atoms with Crippen molar-refractivity contribution in [3.8, 4) is 0 Å². The highest BCUT2D eigenvalue weighted by Gasteiger charge is 2.06. The molecule has 2 rings (SSSR count). The molecule has 3 N–H and O–H groups in total. The minimum atomic E-state index is -0.0231. The summed E-state index contributed by atoms with van der Waals surface area (Å²) in [5.41, 5.74) is 4.05. The zero-order chi connectivity index (χ0) is 13.1. The smallest absolute Gasteiger partial charge is 0.253 e. The van der Waals surface area contributed by atoms with Crippen molar-refractivity contribution in [1.82, 2.24) is 9.55 Å². The Bertz CT molecular complexity index is 624. The molecule has 0 amide bonds. The van der Waals surface area contributed by atoms with E-state index in [1.54, 1.807) is 30.0 Å². The summed E-state index contributed by atoms with van der Waals surface area (Å²) in [5.74, 6) is 5.96. The molecule has 5 nitrogen and oxygen atoms in total. The molecule has 0 atom stereocenters. The van der Waals surface area contributed by atoms with Gasteiger partial charge in [0.05, 0.1) is 6.54 Å². The van der Waals surface area contributed by atoms with E-state index in [9.17, 15) is 4.79 Å². The van der Waals surface area contributed by atoms with Crippen LogP contribution in [0.25, 0.3) is 0 Å². The Morgan fingerprint density at radius 3 is 3.06 bits per heavy atom. The molecule has 0 radical (unpaired) electrons. The van der Waals surface area contributed by atoms with E-state index < -0.39 is 0 Å². The van der Waals surface area contributed by atoms with Crippen LogP contribution in [-0.2, 0) is 6.54 Å². The van der Waals surface area contributed by atoms with Crippen molar-refractivity contribution >= 4 is 21.7 Å². The standard InChI is InChI=1S/C12H13BrN4O/c1-8-5-10(13)7-17(12(8)18)6-9-3-2-4-15-11(9)16-14/h2-5,7H,6,14H2,1H3,(H,15,16). The van der Waals surface area contributed by atoms with Gasteiger partial charge in [-0.1, -0.05) is 6.07 Å². The summed E-state index contributed by atoms with van der Waals surface area (Å²) in [5, 5.41) is 0. The van der Waals surface area contributed by atoms with Crippen molar-refractivity contribution in [1.29, 1.82) is 0 Å². The SMILES string of the molecule is Cc1cc(Br)cn(Cc2cccnc2NN)c1=O. The van der Waals surface area contributed by atoms with Gasteiger partial charge in [-0.05, 0) is 35.0 Å². The van der Waals surface area contributed by atoms with Crippen LogP contribution in [0.1, 0.15) is 11.1 Å². The van der Waals surface area contributed by atoms with Crippen LogP contribution in [0.5, 0.6) is 0 Å². The average Bonchev–Trinajstić information content (AvgIpc) is 2.36. The maximum Gasteiger partial charge on any atom is 0.253 e. The Morgan fingerprint density at radius 1 is 1.56 bits per heavy atom. The molecule has 0 spiro atoms. The van der Waals surface area contributed by atoms with E-state index in [4.69, 9.17) is 5.84 Å². The van der Waals surface area contributed by atoms with Crippen LogP contribution in [-0.4, -0.2) is 9.55 Å². The number of rotatable bonds is 3. The maximum absolute atomic E-state index is 12.0. The Labute approximate surface area is 113 Å². The summed E-state index contributed by atoms with van der Waals surface area (Å²) in [6.45, 7) is 2.21. The number of nitrogens with one attached hydrogen (secondary N) is 1. The summed E-state index contributed by atoms with van der Waals surface area (Å²) in [4.78, 5) is 16.1. The minimum Gasteiger partial charge on any atom is -0.310 e. The predicted octanol–water partition coefficient (Wildman–Crippen LogP) is 1.65. The molecule has 0 aliphatic rings. The van der Waals surface area contributed by atoms with Gasteiger partial charge in [0, 0.05) is 28.0 Å². The van der Waals surface area contributed by atoms with Crippen molar-refractivity contribution in [3.05, 3.63) is 56.5 Å². The third kappa shape index (κ3) is 2.60. The first-order valence-corrected chi connectivity index (χ1v) is 6.18. The zero-order valence-corrected chi connectivity index (χ0v) is 11.4. The number of hydrogen-bond acceptors (Lipinski definition) is 4. The first kappa shape index (κ1) is 12.8. The lowest BCUT2D eigenvalue weighted by atomic mass is 10.2. The second-order valence-electron chi connectivity index (χ2n) is 3.93. The largest absolute Gasteiger partial charge is 0.310 e. The van der Waals surface area contributed by atoms with Gasteiger partial charge in [-0.3, -0.25) is 4.79 Å². The van der Waals surface area contributed by atoms with Crippen LogP contribution in [0.3, 0.4) is 0 Å². The lowest BCUT2D eigenvalue weighted by Gasteiger charge is -2.10. The molecule has 0 aromatic carbocycles. The van der Waals surface area contributed by atoms with E-state index in [0.717, 1.165) is 10.0 Å². The third-order valence-electron chi connectivity index (χ3n) is 2.60. The van der Waals surface area contributed by atoms with Crippen molar-refractivity contribution < 1.29 is 0 Å². The Morgan fingerprint density at radius 2 is 2.33 bits per heavy atom. The molecule has 94 valence electrons. The first-order chi connectivity index (χ1) is 8.61. The number of pyridine rings is 2. The average molecular weight is 309 g/mol. The first-order valence-electron chi connectivity index (χ1n) is 5.39. The van der Waals surface area contributed by atoms with Gasteiger partial charge in [0.1, 0.15) is 5.82 Å². The van der Waals surface area contributed by atoms with E-state index in [2.05, 4.69) is 26.3 Å². The highest BCUT2D eigenvalue weighted by atomic mass is 79.9. The highest BCUT2D eigenvalue weighted by Crippen LogP contribution is 2.13. The lowest BCUT2D eigenvalue weighted by Crippen LogP contribution is -2.23. The minimum absolute atomic E-state index is 0.0231. The van der Waals surface area contributed by atoms with Gasteiger partial charge >= 0.3 is 0 Å². The summed E-state index contributed by atoms with van der Waals surface area (Å²) >= 11 is 3.38. The molecule has 0 aliphatic carbocycles. The number of halogens is 1. The number of hydrogen-bond donors (Lipinski definition) is 2. The third-order valence-corrected chi connectivity index (χ3v) is 3.03. The van der Waals surface area contributed by atoms with Crippen molar-refractivity contribution in [2.24, 2.45) is 5.84 Å². The Balaban J connectivity index is 2.43.